The van der Waals surface area contributed by atoms with Crippen LogP contribution in [0.4, 0.5) is 5.82 Å². The number of anilines is 1. The normalized spacial score (nSPS) is 15.0. The van der Waals surface area contributed by atoms with E-state index < -0.39 is 5.97 Å². The maximum Gasteiger partial charge on any atom is 0.322 e. The Morgan fingerprint density at radius 1 is 1.31 bits per heavy atom. The highest BCUT2D eigenvalue weighted by Gasteiger charge is 2.14. The predicted octanol–water partition coefficient (Wildman–Crippen LogP) is 1.24. The van der Waals surface area contributed by atoms with E-state index in [4.69, 9.17) is 5.11 Å². The molecule has 1 aromatic rings. The van der Waals surface area contributed by atoms with Gasteiger partial charge in [-0.25, -0.2) is 9.97 Å². The Labute approximate surface area is 93.9 Å². The van der Waals surface area contributed by atoms with Crippen molar-refractivity contribution in [2.75, 3.05) is 11.9 Å². The summed E-state index contributed by atoms with van der Waals surface area (Å²) in [5.74, 6) is -0.185. The third-order valence-corrected chi connectivity index (χ3v) is 2.78. The number of aromatic nitrogens is 2. The molecule has 0 saturated heterocycles. The van der Waals surface area contributed by atoms with Crippen LogP contribution >= 0.6 is 0 Å². The van der Waals surface area contributed by atoms with Gasteiger partial charge in [0.2, 0.25) is 0 Å². The van der Waals surface area contributed by atoms with E-state index in [2.05, 4.69) is 15.3 Å². The lowest BCUT2D eigenvalue weighted by molar-refractivity contribution is -0.134. The zero-order valence-electron chi connectivity index (χ0n) is 9.07. The number of hydrogen-bond donors (Lipinski definition) is 2. The van der Waals surface area contributed by atoms with E-state index in [9.17, 15) is 4.79 Å². The zero-order valence-corrected chi connectivity index (χ0v) is 9.07. The monoisotopic (exact) mass is 221 g/mol. The van der Waals surface area contributed by atoms with Gasteiger partial charge in [-0.3, -0.25) is 4.79 Å². The van der Waals surface area contributed by atoms with E-state index in [1.54, 1.807) is 0 Å². The number of carboxylic acids is 1. The Hall–Kier alpha value is -1.65. The third-order valence-electron chi connectivity index (χ3n) is 2.78. The van der Waals surface area contributed by atoms with E-state index in [-0.39, 0.29) is 6.54 Å². The average molecular weight is 221 g/mol. The molecular formula is C11H15N3O2. The van der Waals surface area contributed by atoms with Crippen molar-refractivity contribution in [3.8, 4) is 0 Å². The van der Waals surface area contributed by atoms with Crippen molar-refractivity contribution in [2.45, 2.75) is 32.1 Å². The Morgan fingerprint density at radius 3 is 2.94 bits per heavy atom. The molecule has 0 aliphatic heterocycles. The molecule has 1 aliphatic carbocycles. The Kier molecular flexibility index (Phi) is 3.34. The number of hydrogen-bond acceptors (Lipinski definition) is 4. The molecule has 5 heteroatoms. The van der Waals surface area contributed by atoms with Gasteiger partial charge < -0.3 is 10.4 Å². The van der Waals surface area contributed by atoms with Crippen LogP contribution in [0.3, 0.4) is 0 Å². The van der Waals surface area contributed by atoms with Gasteiger partial charge in [0, 0.05) is 11.3 Å². The lowest BCUT2D eigenvalue weighted by atomic mass is 10.1. The highest BCUT2D eigenvalue weighted by atomic mass is 16.4. The van der Waals surface area contributed by atoms with Crippen molar-refractivity contribution in [3.63, 3.8) is 0 Å². The largest absolute Gasteiger partial charge is 0.480 e. The average Bonchev–Trinajstić information content (AvgIpc) is 2.51. The molecule has 16 heavy (non-hydrogen) atoms. The fourth-order valence-electron chi connectivity index (χ4n) is 2.01. The fourth-order valence-corrected chi connectivity index (χ4v) is 2.01. The summed E-state index contributed by atoms with van der Waals surface area (Å²) in [4.78, 5) is 18.9. The standard InChI is InChI=1S/C11H15N3O2/c15-10(16)6-12-11-8-4-2-1-3-5-9(8)13-7-14-11/h7H,1-6H2,(H,15,16)(H,12,13,14). The van der Waals surface area contributed by atoms with Gasteiger partial charge in [0.05, 0.1) is 0 Å². The van der Waals surface area contributed by atoms with Gasteiger partial charge in [-0.15, -0.1) is 0 Å². The molecule has 5 nitrogen and oxygen atoms in total. The molecule has 0 bridgehead atoms. The fraction of sp³-hybridized carbons (Fsp3) is 0.545. The summed E-state index contributed by atoms with van der Waals surface area (Å²) < 4.78 is 0. The maximum absolute atomic E-state index is 10.5. The first-order chi connectivity index (χ1) is 7.77. The van der Waals surface area contributed by atoms with Crippen LogP contribution in [0.2, 0.25) is 0 Å². The molecule has 1 aromatic heterocycles. The van der Waals surface area contributed by atoms with Crippen LogP contribution in [0.1, 0.15) is 30.5 Å². The van der Waals surface area contributed by atoms with Crippen molar-refractivity contribution in [1.29, 1.82) is 0 Å². The smallest absolute Gasteiger partial charge is 0.322 e. The van der Waals surface area contributed by atoms with E-state index in [1.807, 2.05) is 0 Å². The summed E-state index contributed by atoms with van der Waals surface area (Å²) in [6.45, 7) is -0.0938. The molecular weight excluding hydrogens is 206 g/mol. The second kappa shape index (κ2) is 4.92. The number of nitrogens with zero attached hydrogens (tertiary/aromatic N) is 2. The van der Waals surface area contributed by atoms with E-state index in [0.717, 1.165) is 36.9 Å². The summed E-state index contributed by atoms with van der Waals surface area (Å²) in [6, 6.07) is 0. The van der Waals surface area contributed by atoms with Crippen LogP contribution in [-0.4, -0.2) is 27.6 Å². The zero-order chi connectivity index (χ0) is 11.4. The minimum Gasteiger partial charge on any atom is -0.480 e. The predicted molar refractivity (Wildman–Crippen MR) is 59.4 cm³/mol. The van der Waals surface area contributed by atoms with Crippen molar-refractivity contribution in [3.05, 3.63) is 17.6 Å². The molecule has 0 atom stereocenters. The Bertz CT molecular complexity index is 393. The van der Waals surface area contributed by atoms with Gasteiger partial charge in [0.1, 0.15) is 18.7 Å². The maximum atomic E-state index is 10.5. The molecule has 0 radical (unpaired) electrons. The number of rotatable bonds is 3. The minimum absolute atomic E-state index is 0.0938. The van der Waals surface area contributed by atoms with Crippen LogP contribution in [-0.2, 0) is 17.6 Å². The number of fused-ring (bicyclic) bond motifs is 1. The summed E-state index contributed by atoms with van der Waals surface area (Å²) in [7, 11) is 0. The molecule has 0 spiro atoms. The molecule has 0 fully saturated rings. The SMILES string of the molecule is O=C(O)CNc1ncnc2c1CCCCC2. The molecule has 0 unspecified atom stereocenters. The molecule has 0 saturated carbocycles. The van der Waals surface area contributed by atoms with E-state index in [0.29, 0.717) is 5.82 Å². The molecule has 1 heterocycles. The van der Waals surface area contributed by atoms with Crippen molar-refractivity contribution >= 4 is 11.8 Å². The minimum atomic E-state index is -0.874. The summed E-state index contributed by atoms with van der Waals surface area (Å²) in [5.41, 5.74) is 2.17. The van der Waals surface area contributed by atoms with Crippen molar-refractivity contribution in [2.24, 2.45) is 0 Å². The van der Waals surface area contributed by atoms with Crippen LogP contribution in [0.15, 0.2) is 6.33 Å². The number of carboxylic acid groups (broad SMARTS) is 1. The second-order valence-corrected chi connectivity index (χ2v) is 3.96. The summed E-state index contributed by atoms with van der Waals surface area (Å²) >= 11 is 0. The van der Waals surface area contributed by atoms with Crippen LogP contribution < -0.4 is 5.32 Å². The van der Waals surface area contributed by atoms with Crippen LogP contribution in [0.25, 0.3) is 0 Å². The first-order valence-corrected chi connectivity index (χ1v) is 5.56. The van der Waals surface area contributed by atoms with Crippen molar-refractivity contribution in [1.82, 2.24) is 9.97 Å². The second-order valence-electron chi connectivity index (χ2n) is 3.96. The van der Waals surface area contributed by atoms with Crippen molar-refractivity contribution < 1.29 is 9.90 Å². The molecule has 0 aromatic carbocycles. The lowest BCUT2D eigenvalue weighted by Gasteiger charge is -2.10. The topological polar surface area (TPSA) is 75.1 Å². The van der Waals surface area contributed by atoms with E-state index >= 15 is 0 Å². The highest BCUT2D eigenvalue weighted by Crippen LogP contribution is 2.23. The van der Waals surface area contributed by atoms with Crippen LogP contribution in [0.5, 0.6) is 0 Å². The highest BCUT2D eigenvalue weighted by molar-refractivity contribution is 5.72. The number of aryl methyl sites for hydroxylation is 1. The first-order valence-electron chi connectivity index (χ1n) is 5.56. The Balaban J connectivity index is 2.20. The molecule has 0 amide bonds. The van der Waals surface area contributed by atoms with Gasteiger partial charge in [-0.05, 0) is 25.7 Å². The van der Waals surface area contributed by atoms with Crippen LogP contribution in [0, 0.1) is 0 Å². The quantitative estimate of drug-likeness (QED) is 0.751. The number of nitrogens with one attached hydrogen (secondary N) is 1. The van der Waals surface area contributed by atoms with Gasteiger partial charge in [-0.1, -0.05) is 6.42 Å². The number of aliphatic carboxylic acids is 1. The summed E-state index contributed by atoms with van der Waals surface area (Å²) in [6.07, 6.45) is 6.91. The molecule has 2 N–H and O–H groups in total. The Morgan fingerprint density at radius 2 is 2.12 bits per heavy atom. The third kappa shape index (κ3) is 2.48. The first kappa shape index (κ1) is 10.9. The van der Waals surface area contributed by atoms with Gasteiger partial charge in [0.25, 0.3) is 0 Å². The lowest BCUT2D eigenvalue weighted by Crippen LogP contribution is -2.15. The molecule has 86 valence electrons. The number of carbonyl (C=O) groups is 1. The van der Waals surface area contributed by atoms with E-state index in [1.165, 1.54) is 12.7 Å². The van der Waals surface area contributed by atoms with Gasteiger partial charge in [0.15, 0.2) is 0 Å². The summed E-state index contributed by atoms with van der Waals surface area (Å²) in [5, 5.41) is 11.5. The molecule has 2 rings (SSSR count). The molecule has 1 aliphatic rings. The van der Waals surface area contributed by atoms with Gasteiger partial charge >= 0.3 is 5.97 Å². The van der Waals surface area contributed by atoms with Gasteiger partial charge in [-0.2, -0.15) is 0 Å².